The summed E-state index contributed by atoms with van der Waals surface area (Å²) in [4.78, 5) is 25.2. The van der Waals surface area contributed by atoms with Crippen LogP contribution in [-0.4, -0.2) is 14.7 Å². The van der Waals surface area contributed by atoms with Crippen molar-refractivity contribution in [3.8, 4) is 5.75 Å². The number of hydrogen-bond acceptors (Lipinski definition) is 3. The van der Waals surface area contributed by atoms with Crippen LogP contribution in [0.15, 0.2) is 46.1 Å². The van der Waals surface area contributed by atoms with Gasteiger partial charge in [0.2, 0.25) is 0 Å². The summed E-state index contributed by atoms with van der Waals surface area (Å²) in [6.07, 6.45) is 1.32. The van der Waals surface area contributed by atoms with Gasteiger partial charge in [0, 0.05) is 12.3 Å². The van der Waals surface area contributed by atoms with Gasteiger partial charge in [0.25, 0.3) is 5.56 Å². The third-order valence-electron chi connectivity index (χ3n) is 2.22. The molecule has 0 aliphatic heterocycles. The van der Waals surface area contributed by atoms with Crippen LogP contribution in [0.25, 0.3) is 0 Å². The summed E-state index contributed by atoms with van der Waals surface area (Å²) in [7, 11) is 0. The van der Waals surface area contributed by atoms with E-state index in [1.54, 1.807) is 12.1 Å². The summed E-state index contributed by atoms with van der Waals surface area (Å²) in [5.41, 5.74) is -0.0194. The molecular formula is C11H10N2O3. The largest absolute Gasteiger partial charge is 0.508 e. The normalized spacial score (nSPS) is 10.2. The highest BCUT2D eigenvalue weighted by molar-refractivity contribution is 5.25. The van der Waals surface area contributed by atoms with Gasteiger partial charge < -0.3 is 10.1 Å². The molecule has 0 saturated heterocycles. The molecule has 0 atom stereocenters. The highest BCUT2D eigenvalue weighted by Crippen LogP contribution is 2.09. The van der Waals surface area contributed by atoms with Crippen molar-refractivity contribution in [3.63, 3.8) is 0 Å². The van der Waals surface area contributed by atoms with E-state index in [1.165, 1.54) is 24.4 Å². The Morgan fingerprint density at radius 1 is 1.12 bits per heavy atom. The van der Waals surface area contributed by atoms with Crippen LogP contribution in [-0.2, 0) is 6.54 Å². The number of aromatic amines is 1. The second-order valence-corrected chi connectivity index (χ2v) is 3.37. The minimum Gasteiger partial charge on any atom is -0.508 e. The van der Waals surface area contributed by atoms with Crippen molar-refractivity contribution >= 4 is 0 Å². The van der Waals surface area contributed by atoms with Crippen LogP contribution in [0, 0.1) is 0 Å². The van der Waals surface area contributed by atoms with Gasteiger partial charge in [-0.05, 0) is 17.7 Å². The molecule has 5 heteroatoms. The van der Waals surface area contributed by atoms with Crippen molar-refractivity contribution in [1.29, 1.82) is 0 Å². The van der Waals surface area contributed by atoms with Gasteiger partial charge in [-0.15, -0.1) is 0 Å². The fourth-order valence-electron chi connectivity index (χ4n) is 1.39. The number of rotatable bonds is 2. The maximum atomic E-state index is 11.4. The van der Waals surface area contributed by atoms with Gasteiger partial charge in [-0.25, -0.2) is 4.79 Å². The lowest BCUT2D eigenvalue weighted by Crippen LogP contribution is -2.34. The van der Waals surface area contributed by atoms with E-state index in [9.17, 15) is 9.59 Å². The molecule has 1 aromatic heterocycles. The molecule has 0 radical (unpaired) electrons. The maximum Gasteiger partial charge on any atom is 0.328 e. The van der Waals surface area contributed by atoms with Gasteiger partial charge in [-0.2, -0.15) is 0 Å². The number of aromatic hydroxyl groups is 1. The SMILES string of the molecule is O=c1cc[nH]c(=O)n1Cc1ccc(O)cc1. The molecule has 0 fully saturated rings. The molecule has 1 heterocycles. The molecule has 0 unspecified atom stereocenters. The monoisotopic (exact) mass is 218 g/mol. The van der Waals surface area contributed by atoms with E-state index < -0.39 is 5.69 Å². The first kappa shape index (κ1) is 10.2. The first-order valence-electron chi connectivity index (χ1n) is 4.73. The number of nitrogens with one attached hydrogen (secondary N) is 1. The van der Waals surface area contributed by atoms with Crippen molar-refractivity contribution in [2.45, 2.75) is 6.54 Å². The zero-order chi connectivity index (χ0) is 11.5. The number of H-pyrrole nitrogens is 1. The lowest BCUT2D eigenvalue weighted by molar-refractivity contribution is 0.475. The summed E-state index contributed by atoms with van der Waals surface area (Å²) in [6, 6.07) is 7.64. The predicted octanol–water partition coefficient (Wildman–Crippen LogP) is 0.290. The van der Waals surface area contributed by atoms with Crippen LogP contribution < -0.4 is 11.2 Å². The molecule has 5 nitrogen and oxygen atoms in total. The summed E-state index contributed by atoms with van der Waals surface area (Å²) >= 11 is 0. The van der Waals surface area contributed by atoms with E-state index >= 15 is 0 Å². The number of phenolic OH excluding ortho intramolecular Hbond substituents is 1. The zero-order valence-corrected chi connectivity index (χ0v) is 8.38. The topological polar surface area (TPSA) is 75.1 Å². The smallest absolute Gasteiger partial charge is 0.328 e. The van der Waals surface area contributed by atoms with E-state index in [0.717, 1.165) is 10.1 Å². The lowest BCUT2D eigenvalue weighted by Gasteiger charge is -2.03. The van der Waals surface area contributed by atoms with Crippen molar-refractivity contribution in [2.75, 3.05) is 0 Å². The van der Waals surface area contributed by atoms with E-state index in [0.29, 0.717) is 0 Å². The predicted molar refractivity (Wildman–Crippen MR) is 58.5 cm³/mol. The third-order valence-corrected chi connectivity index (χ3v) is 2.22. The summed E-state index contributed by atoms with van der Waals surface area (Å²) in [6.45, 7) is 0.190. The molecule has 0 spiro atoms. The Morgan fingerprint density at radius 3 is 2.44 bits per heavy atom. The van der Waals surface area contributed by atoms with Crippen LogP contribution in [0.5, 0.6) is 5.75 Å². The Hall–Kier alpha value is -2.30. The molecule has 0 saturated carbocycles. The standard InChI is InChI=1S/C11H10N2O3/c14-9-3-1-8(2-4-9)7-13-10(15)5-6-12-11(13)16/h1-6,14H,7H2,(H,12,16). The van der Waals surface area contributed by atoms with Crippen LogP contribution >= 0.6 is 0 Å². The van der Waals surface area contributed by atoms with E-state index in [1.807, 2.05) is 0 Å². The van der Waals surface area contributed by atoms with Crippen LogP contribution in [0.3, 0.4) is 0 Å². The molecule has 1 aromatic carbocycles. The second kappa shape index (κ2) is 4.06. The fraction of sp³-hybridized carbons (Fsp3) is 0.0909. The number of benzene rings is 1. The quantitative estimate of drug-likeness (QED) is 0.760. The highest BCUT2D eigenvalue weighted by atomic mass is 16.3. The first-order valence-corrected chi connectivity index (χ1v) is 4.73. The van der Waals surface area contributed by atoms with Gasteiger partial charge in [0.05, 0.1) is 6.54 Å². The Kier molecular flexibility index (Phi) is 2.59. The summed E-state index contributed by atoms with van der Waals surface area (Å²) < 4.78 is 1.09. The van der Waals surface area contributed by atoms with E-state index in [-0.39, 0.29) is 17.9 Å². The highest BCUT2D eigenvalue weighted by Gasteiger charge is 2.01. The molecule has 0 amide bonds. The van der Waals surface area contributed by atoms with Gasteiger partial charge in [-0.1, -0.05) is 12.1 Å². The minimum atomic E-state index is -0.444. The molecule has 2 aromatic rings. The van der Waals surface area contributed by atoms with Crippen molar-refractivity contribution in [1.82, 2.24) is 9.55 Å². The van der Waals surface area contributed by atoms with Gasteiger partial charge in [-0.3, -0.25) is 9.36 Å². The van der Waals surface area contributed by atoms with E-state index in [2.05, 4.69) is 4.98 Å². The van der Waals surface area contributed by atoms with Crippen molar-refractivity contribution in [2.24, 2.45) is 0 Å². The molecule has 16 heavy (non-hydrogen) atoms. The van der Waals surface area contributed by atoms with E-state index in [4.69, 9.17) is 5.11 Å². The van der Waals surface area contributed by atoms with Crippen LogP contribution in [0.2, 0.25) is 0 Å². The number of aromatic nitrogens is 2. The number of nitrogens with zero attached hydrogens (tertiary/aromatic N) is 1. The Labute approximate surface area is 90.6 Å². The minimum absolute atomic E-state index is 0.151. The average molecular weight is 218 g/mol. The van der Waals surface area contributed by atoms with Crippen molar-refractivity contribution in [3.05, 3.63) is 62.9 Å². The average Bonchev–Trinajstić information content (AvgIpc) is 2.26. The Balaban J connectivity index is 2.38. The molecule has 0 aliphatic rings. The molecule has 82 valence electrons. The lowest BCUT2D eigenvalue weighted by atomic mass is 10.2. The molecule has 2 N–H and O–H groups in total. The van der Waals surface area contributed by atoms with Gasteiger partial charge in [0.1, 0.15) is 5.75 Å². The van der Waals surface area contributed by atoms with Crippen LogP contribution in [0.1, 0.15) is 5.56 Å². The molecule has 2 rings (SSSR count). The zero-order valence-electron chi connectivity index (χ0n) is 8.38. The molecule has 0 aliphatic carbocycles. The maximum absolute atomic E-state index is 11.4. The molecular weight excluding hydrogens is 208 g/mol. The van der Waals surface area contributed by atoms with Crippen LogP contribution in [0.4, 0.5) is 0 Å². The third kappa shape index (κ3) is 2.03. The summed E-state index contributed by atoms with van der Waals surface area (Å²) in [5.74, 6) is 0.151. The van der Waals surface area contributed by atoms with Gasteiger partial charge >= 0.3 is 5.69 Å². The number of phenols is 1. The Bertz CT molecular complexity index is 567. The summed E-state index contributed by atoms with van der Waals surface area (Å²) in [5, 5.41) is 9.10. The van der Waals surface area contributed by atoms with Crippen molar-refractivity contribution < 1.29 is 5.11 Å². The first-order chi connectivity index (χ1) is 7.66. The number of hydrogen-bond donors (Lipinski definition) is 2. The Morgan fingerprint density at radius 2 is 1.81 bits per heavy atom. The second-order valence-electron chi connectivity index (χ2n) is 3.37. The molecule has 0 bridgehead atoms. The van der Waals surface area contributed by atoms with Gasteiger partial charge in [0.15, 0.2) is 0 Å². The fourth-order valence-corrected chi connectivity index (χ4v) is 1.39.